The first kappa shape index (κ1) is 13.7. The maximum atomic E-state index is 12.2. The van der Waals surface area contributed by atoms with Crippen LogP contribution in [0.25, 0.3) is 0 Å². The number of nitrogens with zero attached hydrogens (tertiary/aromatic N) is 2. The summed E-state index contributed by atoms with van der Waals surface area (Å²) >= 11 is 1.85. The van der Waals surface area contributed by atoms with Crippen LogP contribution in [-0.4, -0.2) is 40.6 Å². The van der Waals surface area contributed by atoms with Crippen molar-refractivity contribution in [3.05, 3.63) is 0 Å². The highest BCUT2D eigenvalue weighted by atomic mass is 32.2. The number of likely N-dealkylation sites (tertiary alicyclic amines) is 1. The van der Waals surface area contributed by atoms with Gasteiger partial charge < -0.3 is 4.90 Å². The normalized spacial score (nSPS) is 27.2. The quantitative estimate of drug-likeness (QED) is 0.724. The van der Waals surface area contributed by atoms with Crippen molar-refractivity contribution in [2.45, 2.75) is 44.5 Å². The summed E-state index contributed by atoms with van der Waals surface area (Å²) in [6.45, 7) is 7.50. The van der Waals surface area contributed by atoms with Gasteiger partial charge in [0.25, 0.3) is 0 Å². The fraction of sp³-hybridized carbons (Fsp3) is 0.846. The molecular formula is C13H21N3OS. The molecule has 0 saturated carbocycles. The number of hydrogen-bond acceptors (Lipinski definition) is 4. The van der Waals surface area contributed by atoms with Crippen LogP contribution >= 0.6 is 11.8 Å². The van der Waals surface area contributed by atoms with Crippen molar-refractivity contribution in [3.8, 4) is 6.07 Å². The Morgan fingerprint density at radius 2 is 2.06 bits per heavy atom. The van der Waals surface area contributed by atoms with Crippen molar-refractivity contribution in [1.29, 1.82) is 5.26 Å². The van der Waals surface area contributed by atoms with Crippen molar-refractivity contribution in [3.63, 3.8) is 0 Å². The maximum Gasteiger partial charge on any atom is 0.227 e. The second kappa shape index (κ2) is 4.75. The monoisotopic (exact) mass is 267 g/mol. The number of hydrogen-bond donors (Lipinski definition) is 1. The molecule has 4 nitrogen and oxygen atoms in total. The molecule has 100 valence electrons. The molecular weight excluding hydrogens is 246 g/mol. The lowest BCUT2D eigenvalue weighted by atomic mass is 9.92. The zero-order chi connectivity index (χ0) is 13.4. The molecule has 1 spiro atoms. The summed E-state index contributed by atoms with van der Waals surface area (Å²) in [6, 6.07) is 2.25. The first-order valence-electron chi connectivity index (χ1n) is 6.47. The lowest BCUT2D eigenvalue weighted by Crippen LogP contribution is -2.53. The predicted molar refractivity (Wildman–Crippen MR) is 73.0 cm³/mol. The summed E-state index contributed by atoms with van der Waals surface area (Å²) in [4.78, 5) is 14.2. The van der Waals surface area contributed by atoms with E-state index in [2.05, 4.69) is 11.4 Å². The van der Waals surface area contributed by atoms with Gasteiger partial charge in [0, 0.05) is 24.3 Å². The Balaban J connectivity index is 1.93. The van der Waals surface area contributed by atoms with E-state index in [1.807, 2.05) is 37.4 Å². The summed E-state index contributed by atoms with van der Waals surface area (Å²) in [5.74, 6) is 1.10. The summed E-state index contributed by atoms with van der Waals surface area (Å²) in [5.41, 5.74) is -0.296. The van der Waals surface area contributed by atoms with Gasteiger partial charge in [-0.3, -0.25) is 10.1 Å². The molecule has 2 aliphatic rings. The van der Waals surface area contributed by atoms with Gasteiger partial charge in [0.2, 0.25) is 5.91 Å². The lowest BCUT2D eigenvalue weighted by Gasteiger charge is -2.41. The molecule has 0 aromatic heterocycles. The highest BCUT2D eigenvalue weighted by Crippen LogP contribution is 2.39. The van der Waals surface area contributed by atoms with Crippen LogP contribution in [0.3, 0.4) is 0 Å². The molecule has 1 atom stereocenters. The first-order chi connectivity index (χ1) is 8.36. The van der Waals surface area contributed by atoms with Gasteiger partial charge in [0.05, 0.1) is 10.9 Å². The van der Waals surface area contributed by atoms with Gasteiger partial charge in [-0.1, -0.05) is 20.8 Å². The SMILES string of the molecule is CC(C)(C)C(=O)N1CCC2(CC1)N[C@H](C#N)CS2. The number of rotatable bonds is 0. The van der Waals surface area contributed by atoms with E-state index in [-0.39, 0.29) is 22.2 Å². The van der Waals surface area contributed by atoms with Crippen molar-refractivity contribution < 1.29 is 4.79 Å². The summed E-state index contributed by atoms with van der Waals surface area (Å²) < 4.78 is 0. The molecule has 0 radical (unpaired) electrons. The smallest absolute Gasteiger partial charge is 0.227 e. The molecule has 2 saturated heterocycles. The third kappa shape index (κ3) is 2.65. The Morgan fingerprint density at radius 1 is 1.44 bits per heavy atom. The minimum atomic E-state index is -0.296. The van der Waals surface area contributed by atoms with Crippen LogP contribution in [0.1, 0.15) is 33.6 Å². The molecule has 0 aromatic carbocycles. The second-order valence-corrected chi connectivity index (χ2v) is 7.58. The fourth-order valence-corrected chi connectivity index (χ4v) is 3.89. The minimum Gasteiger partial charge on any atom is -0.342 e. The van der Waals surface area contributed by atoms with E-state index in [9.17, 15) is 4.79 Å². The third-order valence-electron chi connectivity index (χ3n) is 3.62. The molecule has 1 N–H and O–H groups in total. The largest absolute Gasteiger partial charge is 0.342 e. The van der Waals surface area contributed by atoms with Crippen LogP contribution in [0.2, 0.25) is 0 Å². The molecule has 0 aliphatic carbocycles. The highest BCUT2D eigenvalue weighted by Gasteiger charge is 2.43. The zero-order valence-corrected chi connectivity index (χ0v) is 12.1. The summed E-state index contributed by atoms with van der Waals surface area (Å²) in [6.07, 6.45) is 1.88. The molecule has 2 rings (SSSR count). The molecule has 2 heterocycles. The third-order valence-corrected chi connectivity index (χ3v) is 5.20. The standard InChI is InChI=1S/C13H21N3OS/c1-12(2,3)11(17)16-6-4-13(5-7-16)15-10(8-14)9-18-13/h10,15H,4-7,9H2,1-3H3/t10-/m1/s1. The Hall–Kier alpha value is -0.730. The summed E-state index contributed by atoms with van der Waals surface area (Å²) in [5, 5.41) is 12.4. The lowest BCUT2D eigenvalue weighted by molar-refractivity contribution is -0.140. The van der Waals surface area contributed by atoms with Gasteiger partial charge in [-0.05, 0) is 12.8 Å². The first-order valence-corrected chi connectivity index (χ1v) is 7.45. The average Bonchev–Trinajstić information content (AvgIpc) is 2.72. The van der Waals surface area contributed by atoms with Crippen LogP contribution in [0.4, 0.5) is 0 Å². The Labute approximate surface area is 113 Å². The number of piperidine rings is 1. The van der Waals surface area contributed by atoms with E-state index in [0.717, 1.165) is 31.7 Å². The van der Waals surface area contributed by atoms with Crippen molar-refractivity contribution in [2.75, 3.05) is 18.8 Å². The zero-order valence-electron chi connectivity index (χ0n) is 11.3. The topological polar surface area (TPSA) is 56.1 Å². The van der Waals surface area contributed by atoms with Crippen molar-refractivity contribution in [2.24, 2.45) is 5.41 Å². The average molecular weight is 267 g/mol. The van der Waals surface area contributed by atoms with Crippen LogP contribution in [0.5, 0.6) is 0 Å². The van der Waals surface area contributed by atoms with E-state index in [1.54, 1.807) is 0 Å². The van der Waals surface area contributed by atoms with Gasteiger partial charge in [0.15, 0.2) is 0 Å². The number of nitrogens with one attached hydrogen (secondary N) is 1. The molecule has 0 unspecified atom stereocenters. The minimum absolute atomic E-state index is 0.0279. The number of carbonyl (C=O) groups excluding carboxylic acids is 1. The van der Waals surface area contributed by atoms with Gasteiger partial charge in [-0.15, -0.1) is 11.8 Å². The molecule has 2 fully saturated rings. The van der Waals surface area contributed by atoms with E-state index < -0.39 is 0 Å². The van der Waals surface area contributed by atoms with Gasteiger partial charge in [-0.2, -0.15) is 5.26 Å². The molecule has 1 amide bonds. The molecule has 18 heavy (non-hydrogen) atoms. The van der Waals surface area contributed by atoms with Gasteiger partial charge >= 0.3 is 0 Å². The van der Waals surface area contributed by atoms with Crippen LogP contribution in [0.15, 0.2) is 0 Å². The van der Waals surface area contributed by atoms with E-state index in [4.69, 9.17) is 5.26 Å². The van der Waals surface area contributed by atoms with Gasteiger partial charge in [0.1, 0.15) is 6.04 Å². The number of carbonyl (C=O) groups is 1. The Kier molecular flexibility index (Phi) is 3.61. The molecule has 2 aliphatic heterocycles. The maximum absolute atomic E-state index is 12.2. The highest BCUT2D eigenvalue weighted by molar-refractivity contribution is 8.00. The van der Waals surface area contributed by atoms with Crippen LogP contribution in [-0.2, 0) is 4.79 Å². The Bertz CT molecular complexity index is 375. The molecule has 5 heteroatoms. The van der Waals surface area contributed by atoms with Crippen LogP contribution in [0, 0.1) is 16.7 Å². The van der Waals surface area contributed by atoms with E-state index in [0.29, 0.717) is 0 Å². The molecule has 0 bridgehead atoms. The predicted octanol–water partition coefficient (Wildman–Crippen LogP) is 1.58. The van der Waals surface area contributed by atoms with Gasteiger partial charge in [-0.25, -0.2) is 0 Å². The van der Waals surface area contributed by atoms with E-state index in [1.165, 1.54) is 0 Å². The van der Waals surface area contributed by atoms with E-state index >= 15 is 0 Å². The second-order valence-electron chi connectivity index (χ2n) is 6.17. The summed E-state index contributed by atoms with van der Waals surface area (Å²) in [7, 11) is 0. The number of amides is 1. The fourth-order valence-electron chi connectivity index (χ4n) is 2.55. The molecule has 0 aromatic rings. The van der Waals surface area contributed by atoms with Crippen LogP contribution < -0.4 is 5.32 Å². The Morgan fingerprint density at radius 3 is 2.50 bits per heavy atom. The number of thioether (sulfide) groups is 1. The van der Waals surface area contributed by atoms with Crippen molar-refractivity contribution in [1.82, 2.24) is 10.2 Å². The number of nitriles is 1. The van der Waals surface area contributed by atoms with Crippen molar-refractivity contribution >= 4 is 17.7 Å².